The molecule has 1 aliphatic heterocycles. The van der Waals surface area contributed by atoms with Gasteiger partial charge in [-0.25, -0.2) is 9.97 Å². The second-order valence-corrected chi connectivity index (χ2v) is 7.23. The van der Waals surface area contributed by atoms with Gasteiger partial charge in [0.25, 0.3) is 5.91 Å². The Labute approximate surface area is 171 Å². The molecule has 0 saturated carbocycles. The van der Waals surface area contributed by atoms with Crippen molar-refractivity contribution >= 4 is 44.5 Å². The van der Waals surface area contributed by atoms with E-state index in [0.717, 1.165) is 11.0 Å². The highest BCUT2D eigenvalue weighted by Gasteiger charge is 2.30. The monoisotopic (exact) mass is 442 g/mol. The summed E-state index contributed by atoms with van der Waals surface area (Å²) in [7, 11) is 5.06. The fraction of sp³-hybridized carbons (Fsp3) is 0.250. The Balaban J connectivity index is 1.82. The zero-order valence-electron chi connectivity index (χ0n) is 15.8. The van der Waals surface area contributed by atoms with Gasteiger partial charge in [0, 0.05) is 25.7 Å². The van der Waals surface area contributed by atoms with E-state index >= 15 is 0 Å². The Morgan fingerprint density at radius 3 is 2.14 bits per heavy atom. The first-order valence-corrected chi connectivity index (χ1v) is 9.54. The number of rotatable bonds is 3. The van der Waals surface area contributed by atoms with Gasteiger partial charge in [-0.15, -0.1) is 0 Å². The van der Waals surface area contributed by atoms with Crippen LogP contribution in [0.2, 0.25) is 0 Å². The molecule has 0 saturated heterocycles. The van der Waals surface area contributed by atoms with Crippen LogP contribution in [0.4, 0.5) is 11.6 Å². The van der Waals surface area contributed by atoms with Crippen molar-refractivity contribution < 1.29 is 14.3 Å². The van der Waals surface area contributed by atoms with Gasteiger partial charge in [-0.2, -0.15) is 0 Å². The number of carbonyl (C=O) groups is 1. The fourth-order valence-electron chi connectivity index (χ4n) is 3.23. The molecular formula is C20H19BrN4O3. The minimum atomic E-state index is -0.178. The van der Waals surface area contributed by atoms with Crippen LogP contribution in [0.5, 0.6) is 11.5 Å². The SMILES string of the molecule is COc1cc(C(=O)N2CCN(C)c3nc4ccccc4nc32)cc(OC)c1Br. The van der Waals surface area contributed by atoms with E-state index in [1.165, 1.54) is 0 Å². The zero-order chi connectivity index (χ0) is 19.8. The third-order valence-electron chi connectivity index (χ3n) is 4.75. The molecule has 0 atom stereocenters. The molecule has 4 rings (SSSR count). The lowest BCUT2D eigenvalue weighted by molar-refractivity contribution is 0.0985. The predicted molar refractivity (Wildman–Crippen MR) is 112 cm³/mol. The highest BCUT2D eigenvalue weighted by molar-refractivity contribution is 9.10. The van der Waals surface area contributed by atoms with Crippen molar-refractivity contribution in [2.24, 2.45) is 0 Å². The fourth-order valence-corrected chi connectivity index (χ4v) is 3.78. The van der Waals surface area contributed by atoms with E-state index < -0.39 is 0 Å². The number of methoxy groups -OCH3 is 2. The molecule has 1 aliphatic rings. The number of benzene rings is 2. The molecule has 8 heteroatoms. The summed E-state index contributed by atoms with van der Waals surface area (Å²) in [5, 5.41) is 0. The number of nitrogens with zero attached hydrogens (tertiary/aromatic N) is 4. The summed E-state index contributed by atoms with van der Waals surface area (Å²) in [6.45, 7) is 1.17. The van der Waals surface area contributed by atoms with E-state index in [2.05, 4.69) is 15.9 Å². The van der Waals surface area contributed by atoms with Crippen molar-refractivity contribution in [3.63, 3.8) is 0 Å². The Hall–Kier alpha value is -2.87. The van der Waals surface area contributed by atoms with Crippen molar-refractivity contribution in [3.8, 4) is 11.5 Å². The molecule has 1 amide bonds. The molecule has 0 spiro atoms. The number of aromatic nitrogens is 2. The summed E-state index contributed by atoms with van der Waals surface area (Å²) in [4.78, 5) is 26.5. The third-order valence-corrected chi connectivity index (χ3v) is 5.53. The van der Waals surface area contributed by atoms with Gasteiger partial charge < -0.3 is 14.4 Å². The van der Waals surface area contributed by atoms with Crippen molar-refractivity contribution in [2.75, 3.05) is 44.2 Å². The average Bonchev–Trinajstić information content (AvgIpc) is 2.72. The number of amides is 1. The first-order chi connectivity index (χ1) is 13.5. The highest BCUT2D eigenvalue weighted by atomic mass is 79.9. The smallest absolute Gasteiger partial charge is 0.259 e. The number of hydrogen-bond acceptors (Lipinski definition) is 6. The van der Waals surface area contributed by atoms with Crippen LogP contribution >= 0.6 is 15.9 Å². The molecule has 0 aliphatic carbocycles. The van der Waals surface area contributed by atoms with Gasteiger partial charge in [0.05, 0.1) is 25.3 Å². The van der Waals surface area contributed by atoms with Crippen LogP contribution in [0.25, 0.3) is 11.0 Å². The molecular weight excluding hydrogens is 424 g/mol. The first kappa shape index (κ1) is 18.5. The maximum absolute atomic E-state index is 13.4. The molecule has 2 heterocycles. The Morgan fingerprint density at radius 2 is 1.57 bits per heavy atom. The Bertz CT molecular complexity index is 1050. The molecule has 144 valence electrons. The number of likely N-dealkylation sites (N-methyl/N-ethyl adjacent to an activating group) is 1. The van der Waals surface area contributed by atoms with E-state index in [1.54, 1.807) is 31.3 Å². The topological polar surface area (TPSA) is 67.8 Å². The molecule has 0 N–H and O–H groups in total. The molecule has 28 heavy (non-hydrogen) atoms. The minimum Gasteiger partial charge on any atom is -0.495 e. The minimum absolute atomic E-state index is 0.178. The van der Waals surface area contributed by atoms with Gasteiger partial charge in [0.15, 0.2) is 11.6 Å². The molecule has 3 aromatic rings. The number of para-hydroxylation sites is 2. The second kappa shape index (κ2) is 7.27. The Kier molecular flexibility index (Phi) is 4.80. The van der Waals surface area contributed by atoms with Gasteiger partial charge in [-0.1, -0.05) is 12.1 Å². The van der Waals surface area contributed by atoms with E-state index in [9.17, 15) is 4.79 Å². The van der Waals surface area contributed by atoms with Gasteiger partial charge in [-0.05, 0) is 40.2 Å². The normalized spacial score (nSPS) is 13.4. The predicted octanol–water partition coefficient (Wildman–Crippen LogP) is 3.51. The van der Waals surface area contributed by atoms with Crippen molar-refractivity contribution in [1.29, 1.82) is 0 Å². The molecule has 1 aromatic heterocycles. The molecule has 0 radical (unpaired) electrons. The van der Waals surface area contributed by atoms with E-state index in [1.807, 2.05) is 36.2 Å². The van der Waals surface area contributed by atoms with Gasteiger partial charge in [0.2, 0.25) is 0 Å². The number of hydrogen-bond donors (Lipinski definition) is 0. The summed E-state index contributed by atoms with van der Waals surface area (Å²) < 4.78 is 11.4. The molecule has 0 unspecified atom stereocenters. The number of anilines is 2. The summed E-state index contributed by atoms with van der Waals surface area (Å²) in [5.74, 6) is 2.12. The maximum atomic E-state index is 13.4. The molecule has 2 aromatic carbocycles. The summed E-state index contributed by atoms with van der Waals surface area (Å²) >= 11 is 3.44. The van der Waals surface area contributed by atoms with Crippen LogP contribution in [0.3, 0.4) is 0 Å². The van der Waals surface area contributed by atoms with Gasteiger partial charge >= 0.3 is 0 Å². The summed E-state index contributed by atoms with van der Waals surface area (Å²) in [6, 6.07) is 11.0. The lowest BCUT2D eigenvalue weighted by atomic mass is 10.1. The van der Waals surface area contributed by atoms with Crippen molar-refractivity contribution in [3.05, 3.63) is 46.4 Å². The van der Waals surface area contributed by atoms with Crippen molar-refractivity contribution in [1.82, 2.24) is 9.97 Å². The van der Waals surface area contributed by atoms with Crippen LogP contribution < -0.4 is 19.3 Å². The standard InChI is InChI=1S/C20H19BrN4O3/c1-24-8-9-25(19-18(24)22-13-6-4-5-7-14(13)23-19)20(26)12-10-15(27-2)17(21)16(11-12)28-3/h4-7,10-11H,8-9H2,1-3H3. The molecule has 7 nitrogen and oxygen atoms in total. The summed E-state index contributed by atoms with van der Waals surface area (Å²) in [5.41, 5.74) is 2.01. The first-order valence-electron chi connectivity index (χ1n) is 8.74. The van der Waals surface area contributed by atoms with Gasteiger partial charge in [0.1, 0.15) is 16.0 Å². The molecule has 0 fully saturated rings. The molecule has 0 bridgehead atoms. The average molecular weight is 443 g/mol. The largest absolute Gasteiger partial charge is 0.495 e. The van der Waals surface area contributed by atoms with Crippen LogP contribution in [-0.2, 0) is 0 Å². The van der Waals surface area contributed by atoms with Crippen molar-refractivity contribution in [2.45, 2.75) is 0 Å². The van der Waals surface area contributed by atoms with E-state index in [-0.39, 0.29) is 5.91 Å². The quantitative estimate of drug-likeness (QED) is 0.618. The number of carbonyl (C=O) groups excluding carboxylic acids is 1. The van der Waals surface area contributed by atoms with Crippen LogP contribution in [0, 0.1) is 0 Å². The third kappa shape index (κ3) is 3.03. The number of ether oxygens (including phenoxy) is 2. The van der Waals surface area contributed by atoms with E-state index in [4.69, 9.17) is 19.4 Å². The van der Waals surface area contributed by atoms with Crippen LogP contribution in [0.15, 0.2) is 40.9 Å². The highest BCUT2D eigenvalue weighted by Crippen LogP contribution is 2.37. The van der Waals surface area contributed by atoms with Gasteiger partial charge in [-0.3, -0.25) is 9.69 Å². The number of halogens is 1. The zero-order valence-corrected chi connectivity index (χ0v) is 17.4. The second-order valence-electron chi connectivity index (χ2n) is 6.43. The maximum Gasteiger partial charge on any atom is 0.259 e. The summed E-state index contributed by atoms with van der Waals surface area (Å²) in [6.07, 6.45) is 0. The van der Waals surface area contributed by atoms with Crippen LogP contribution in [-0.4, -0.2) is 50.2 Å². The Morgan fingerprint density at radius 1 is 1.00 bits per heavy atom. The van der Waals surface area contributed by atoms with Crippen LogP contribution in [0.1, 0.15) is 10.4 Å². The van der Waals surface area contributed by atoms with E-state index in [0.29, 0.717) is 46.3 Å². The lowest BCUT2D eigenvalue weighted by Gasteiger charge is -2.33. The lowest BCUT2D eigenvalue weighted by Crippen LogP contribution is -2.43. The number of fused-ring (bicyclic) bond motifs is 2.